The van der Waals surface area contributed by atoms with Gasteiger partial charge in [-0.05, 0) is 86.6 Å². The average molecular weight is 617 g/mol. The third kappa shape index (κ3) is 7.09. The van der Waals surface area contributed by atoms with Gasteiger partial charge in [0.25, 0.3) is 15.9 Å². The fourth-order valence-electron chi connectivity index (χ4n) is 6.49. The van der Waals surface area contributed by atoms with Crippen molar-refractivity contribution in [2.45, 2.75) is 69.6 Å². The van der Waals surface area contributed by atoms with Crippen LogP contribution < -0.4 is 14.4 Å². The zero-order valence-corrected chi connectivity index (χ0v) is 26.9. The topological polar surface area (TPSA) is 91.3 Å². The van der Waals surface area contributed by atoms with E-state index in [0.29, 0.717) is 48.1 Å². The number of para-hydroxylation sites is 3. The quantitative estimate of drug-likeness (QED) is 0.212. The molecule has 1 aliphatic carbocycles. The van der Waals surface area contributed by atoms with Crippen molar-refractivity contribution in [2.75, 3.05) is 42.9 Å². The highest BCUT2D eigenvalue weighted by Gasteiger charge is 2.26. The molecule has 1 N–H and O–H groups in total. The number of anilines is 2. The van der Waals surface area contributed by atoms with Crippen LogP contribution in [0.5, 0.6) is 5.75 Å². The molecule has 2 aliphatic rings. The number of nitrogens with zero attached hydrogens (tertiary/aromatic N) is 3. The number of carbonyl (C=O) groups is 1. The Morgan fingerprint density at radius 3 is 2.43 bits per heavy atom. The molecule has 1 aliphatic heterocycles. The van der Waals surface area contributed by atoms with Gasteiger partial charge in [0.05, 0.1) is 24.2 Å². The molecule has 0 atom stereocenters. The fraction of sp³-hybridized carbons (Fsp3) is 0.429. The minimum Gasteiger partial charge on any atom is -0.495 e. The van der Waals surface area contributed by atoms with Crippen molar-refractivity contribution >= 4 is 39.2 Å². The minimum absolute atomic E-state index is 0.0555. The number of methoxy groups -OCH3 is 1. The van der Waals surface area contributed by atoms with Gasteiger partial charge in [0.2, 0.25) is 0 Å². The van der Waals surface area contributed by atoms with E-state index < -0.39 is 10.0 Å². The Morgan fingerprint density at radius 1 is 0.932 bits per heavy atom. The predicted molar refractivity (Wildman–Crippen MR) is 178 cm³/mol. The van der Waals surface area contributed by atoms with E-state index in [9.17, 15) is 13.2 Å². The highest BCUT2D eigenvalue weighted by Crippen LogP contribution is 2.40. The molecule has 8 nitrogen and oxygen atoms in total. The predicted octanol–water partition coefficient (Wildman–Crippen LogP) is 7.32. The zero-order chi connectivity index (χ0) is 31.1. The molecule has 3 aromatic rings. The molecule has 0 aromatic heterocycles. The number of hydrogen-bond donors (Lipinski definition) is 1. The molecule has 1 saturated carbocycles. The lowest BCUT2D eigenvalue weighted by atomic mass is 9.90. The van der Waals surface area contributed by atoms with Crippen molar-refractivity contribution in [1.29, 1.82) is 0 Å². The Balaban J connectivity index is 1.32. The second-order valence-corrected chi connectivity index (χ2v) is 13.4. The summed E-state index contributed by atoms with van der Waals surface area (Å²) in [5.74, 6) is 1.07. The van der Waals surface area contributed by atoms with Crippen molar-refractivity contribution in [1.82, 2.24) is 4.90 Å². The molecule has 3 aromatic carbocycles. The van der Waals surface area contributed by atoms with Gasteiger partial charge in [-0.25, -0.2) is 8.42 Å². The largest absolute Gasteiger partial charge is 0.495 e. The number of nitrogens with one attached hydrogen (secondary N) is 1. The van der Waals surface area contributed by atoms with Crippen molar-refractivity contribution in [3.05, 3.63) is 77.4 Å². The highest BCUT2D eigenvalue weighted by atomic mass is 32.2. The van der Waals surface area contributed by atoms with Crippen LogP contribution in [0.4, 0.5) is 17.1 Å². The molecule has 5 rings (SSSR count). The van der Waals surface area contributed by atoms with Crippen LogP contribution in [0.15, 0.2) is 70.6 Å². The number of benzene rings is 3. The van der Waals surface area contributed by atoms with Crippen LogP contribution in [0, 0.1) is 6.92 Å². The van der Waals surface area contributed by atoms with E-state index in [1.165, 1.54) is 12.8 Å². The van der Waals surface area contributed by atoms with Gasteiger partial charge >= 0.3 is 0 Å². The van der Waals surface area contributed by atoms with Gasteiger partial charge in [0, 0.05) is 38.0 Å². The van der Waals surface area contributed by atoms with E-state index in [1.54, 1.807) is 37.6 Å². The van der Waals surface area contributed by atoms with Crippen LogP contribution in [-0.4, -0.2) is 58.7 Å². The average Bonchev–Trinajstić information content (AvgIpc) is 3.46. The molecule has 9 heteroatoms. The Bertz CT molecular complexity index is 1600. The monoisotopic (exact) mass is 616 g/mol. The van der Waals surface area contributed by atoms with Crippen LogP contribution >= 0.6 is 0 Å². The first-order valence-electron chi connectivity index (χ1n) is 15.7. The summed E-state index contributed by atoms with van der Waals surface area (Å²) in [6, 6.07) is 18.6. The second kappa shape index (κ2) is 14.3. The minimum atomic E-state index is -3.93. The highest BCUT2D eigenvalue weighted by molar-refractivity contribution is 7.92. The number of amides is 1. The van der Waals surface area contributed by atoms with Crippen LogP contribution in [0.25, 0.3) is 0 Å². The SMILES string of the molecule is CC=Nc1c(C2CCCCCC2)cccc1S(=O)(=O)Nc1ccc(C(=O)N2CCCN(c3ccccc3OC)CC2)cc1C. The number of hydrogen-bond acceptors (Lipinski definition) is 6. The summed E-state index contributed by atoms with van der Waals surface area (Å²) in [5, 5.41) is 0. The van der Waals surface area contributed by atoms with E-state index in [0.717, 1.165) is 55.6 Å². The molecule has 0 spiro atoms. The van der Waals surface area contributed by atoms with Crippen LogP contribution in [-0.2, 0) is 10.0 Å². The lowest BCUT2D eigenvalue weighted by Gasteiger charge is -2.25. The Kier molecular flexibility index (Phi) is 10.3. The second-order valence-electron chi connectivity index (χ2n) is 11.7. The van der Waals surface area contributed by atoms with Gasteiger partial charge in [0.15, 0.2) is 0 Å². The Hall–Kier alpha value is -3.85. The third-order valence-corrected chi connectivity index (χ3v) is 10.2. The van der Waals surface area contributed by atoms with E-state index in [1.807, 2.05) is 55.1 Å². The van der Waals surface area contributed by atoms with Crippen LogP contribution in [0.3, 0.4) is 0 Å². The Morgan fingerprint density at radius 2 is 1.70 bits per heavy atom. The number of aliphatic imine (C=N–C) groups is 1. The van der Waals surface area contributed by atoms with E-state index in [2.05, 4.69) is 14.6 Å². The first-order valence-corrected chi connectivity index (χ1v) is 17.2. The maximum atomic E-state index is 13.8. The summed E-state index contributed by atoms with van der Waals surface area (Å²) in [4.78, 5) is 22.4. The number of aryl methyl sites for hydroxylation is 1. The Labute approximate surface area is 262 Å². The normalized spacial score (nSPS) is 16.9. The van der Waals surface area contributed by atoms with E-state index in [-0.39, 0.29) is 10.8 Å². The molecule has 2 fully saturated rings. The summed E-state index contributed by atoms with van der Waals surface area (Å²) in [5.41, 5.74) is 4.25. The molecule has 0 bridgehead atoms. The third-order valence-electron chi connectivity index (χ3n) is 8.80. The van der Waals surface area contributed by atoms with Crippen LogP contribution in [0.1, 0.15) is 79.3 Å². The molecule has 234 valence electrons. The van der Waals surface area contributed by atoms with Crippen LogP contribution in [0.2, 0.25) is 0 Å². The van der Waals surface area contributed by atoms with Crippen molar-refractivity contribution in [3.8, 4) is 5.75 Å². The zero-order valence-electron chi connectivity index (χ0n) is 26.1. The first kappa shape index (κ1) is 31.6. The van der Waals surface area contributed by atoms with Gasteiger partial charge in [0.1, 0.15) is 10.6 Å². The van der Waals surface area contributed by atoms with Gasteiger partial charge in [-0.15, -0.1) is 0 Å². The first-order chi connectivity index (χ1) is 21.3. The molecule has 44 heavy (non-hydrogen) atoms. The molecule has 1 saturated heterocycles. The summed E-state index contributed by atoms with van der Waals surface area (Å²) in [6.07, 6.45) is 9.34. The standard InChI is InChI=1S/C35H44N4O4S/c1-4-36-34-29(27-13-7-5-6-8-14-27)15-11-18-33(34)44(41,42)37-30-20-19-28(25-26(30)2)35(40)39-22-12-21-38(23-24-39)31-16-9-10-17-32(31)43-3/h4,9-11,15-20,25,27,37H,5-8,12-14,21-24H2,1-3H3. The number of carbonyl (C=O) groups excluding carboxylic acids is 1. The van der Waals surface area contributed by atoms with Gasteiger partial charge < -0.3 is 14.5 Å². The number of sulfonamides is 1. The molecule has 0 unspecified atom stereocenters. The number of rotatable bonds is 8. The molecular weight excluding hydrogens is 572 g/mol. The van der Waals surface area contributed by atoms with Gasteiger partial charge in [-0.3, -0.25) is 14.5 Å². The number of ether oxygens (including phenoxy) is 1. The van der Waals surface area contributed by atoms with Crippen molar-refractivity contribution < 1.29 is 17.9 Å². The summed E-state index contributed by atoms with van der Waals surface area (Å²) < 4.78 is 35.9. The lowest BCUT2D eigenvalue weighted by molar-refractivity contribution is 0.0767. The van der Waals surface area contributed by atoms with Gasteiger partial charge in [-0.1, -0.05) is 49.9 Å². The molecular formula is C35H44N4O4S. The van der Waals surface area contributed by atoms with Crippen molar-refractivity contribution in [3.63, 3.8) is 0 Å². The van der Waals surface area contributed by atoms with Gasteiger partial charge in [-0.2, -0.15) is 0 Å². The maximum Gasteiger partial charge on any atom is 0.264 e. The lowest BCUT2D eigenvalue weighted by Crippen LogP contribution is -2.35. The van der Waals surface area contributed by atoms with E-state index in [4.69, 9.17) is 4.74 Å². The summed E-state index contributed by atoms with van der Waals surface area (Å²) >= 11 is 0. The summed E-state index contributed by atoms with van der Waals surface area (Å²) in [7, 11) is -2.26. The molecule has 1 amide bonds. The fourth-order valence-corrected chi connectivity index (χ4v) is 7.80. The molecule has 1 heterocycles. The molecule has 0 radical (unpaired) electrons. The maximum absolute atomic E-state index is 13.8. The summed E-state index contributed by atoms with van der Waals surface area (Å²) in [6.45, 7) is 6.40. The van der Waals surface area contributed by atoms with E-state index >= 15 is 0 Å². The van der Waals surface area contributed by atoms with Crippen molar-refractivity contribution in [2.24, 2.45) is 4.99 Å². The smallest absolute Gasteiger partial charge is 0.264 e.